The molecule has 7 heteroatoms. The minimum Gasteiger partial charge on any atom is -0.409 e. The van der Waals surface area contributed by atoms with Crippen molar-refractivity contribution in [3.63, 3.8) is 0 Å². The number of amidine groups is 1. The Balaban J connectivity index is 2.89. The van der Waals surface area contributed by atoms with E-state index in [9.17, 15) is 9.18 Å². The molecule has 0 heterocycles. The molecule has 0 radical (unpaired) electrons. The molecule has 1 rings (SSSR count). The average molecular weight is 351 g/mol. The molecule has 1 amide bonds. The Labute approximate surface area is 111 Å². The predicted octanol–water partition coefficient (Wildman–Crippen LogP) is 1.25. The third-order valence-electron chi connectivity index (χ3n) is 2.04. The second-order valence-electron chi connectivity index (χ2n) is 3.38. The molecule has 17 heavy (non-hydrogen) atoms. The summed E-state index contributed by atoms with van der Waals surface area (Å²) in [4.78, 5) is 13.2. The number of benzene rings is 1. The van der Waals surface area contributed by atoms with Gasteiger partial charge in [0.1, 0.15) is 5.82 Å². The van der Waals surface area contributed by atoms with Crippen molar-refractivity contribution in [2.75, 3.05) is 13.6 Å². The molecule has 0 unspecified atom stereocenters. The quantitative estimate of drug-likeness (QED) is 0.283. The lowest BCUT2D eigenvalue weighted by Crippen LogP contribution is -2.35. The SMILES string of the molecule is CN(C/C(N)=N/O)C(=O)c1ccc(F)cc1I. The first-order valence-electron chi connectivity index (χ1n) is 4.62. The van der Waals surface area contributed by atoms with Crippen molar-refractivity contribution in [1.82, 2.24) is 4.90 Å². The lowest BCUT2D eigenvalue weighted by Gasteiger charge is -2.16. The molecule has 3 N–H and O–H groups in total. The molecule has 0 saturated carbocycles. The Bertz CT molecular complexity index is 465. The molecule has 1 aromatic rings. The van der Waals surface area contributed by atoms with Crippen molar-refractivity contribution in [3.8, 4) is 0 Å². The maximum absolute atomic E-state index is 12.9. The Hall–Kier alpha value is -1.38. The number of hydrogen-bond acceptors (Lipinski definition) is 3. The Morgan fingerprint density at radius 2 is 2.29 bits per heavy atom. The molecule has 0 aliphatic carbocycles. The molecule has 0 saturated heterocycles. The summed E-state index contributed by atoms with van der Waals surface area (Å²) in [6, 6.07) is 3.89. The number of carbonyl (C=O) groups is 1. The van der Waals surface area contributed by atoms with Crippen LogP contribution in [0.25, 0.3) is 0 Å². The highest BCUT2D eigenvalue weighted by Crippen LogP contribution is 2.15. The van der Waals surface area contributed by atoms with Crippen LogP contribution in [0.1, 0.15) is 10.4 Å². The number of nitrogens with zero attached hydrogens (tertiary/aromatic N) is 2. The predicted molar refractivity (Wildman–Crippen MR) is 69.5 cm³/mol. The van der Waals surface area contributed by atoms with Crippen LogP contribution in [0.5, 0.6) is 0 Å². The molecule has 0 bridgehead atoms. The average Bonchev–Trinajstić information content (AvgIpc) is 2.28. The molecule has 0 atom stereocenters. The maximum Gasteiger partial charge on any atom is 0.255 e. The van der Waals surface area contributed by atoms with Gasteiger partial charge in [-0.1, -0.05) is 5.16 Å². The van der Waals surface area contributed by atoms with Crippen LogP contribution < -0.4 is 5.73 Å². The zero-order chi connectivity index (χ0) is 13.0. The molecule has 0 aliphatic rings. The number of rotatable bonds is 3. The molecule has 92 valence electrons. The first kappa shape index (κ1) is 13.7. The molecule has 0 spiro atoms. The Kier molecular flexibility index (Phi) is 4.67. The minimum absolute atomic E-state index is 0.00277. The van der Waals surface area contributed by atoms with Crippen LogP contribution in [0.3, 0.4) is 0 Å². The summed E-state index contributed by atoms with van der Waals surface area (Å²) < 4.78 is 13.4. The van der Waals surface area contributed by atoms with E-state index in [4.69, 9.17) is 10.9 Å². The fourth-order valence-electron chi connectivity index (χ4n) is 1.21. The van der Waals surface area contributed by atoms with Crippen molar-refractivity contribution >= 4 is 34.3 Å². The van der Waals surface area contributed by atoms with Crippen LogP contribution in [0.2, 0.25) is 0 Å². The summed E-state index contributed by atoms with van der Waals surface area (Å²) >= 11 is 1.88. The monoisotopic (exact) mass is 351 g/mol. The van der Waals surface area contributed by atoms with Gasteiger partial charge < -0.3 is 15.8 Å². The van der Waals surface area contributed by atoms with E-state index in [0.29, 0.717) is 9.13 Å². The molecule has 0 aromatic heterocycles. The highest BCUT2D eigenvalue weighted by molar-refractivity contribution is 14.1. The lowest BCUT2D eigenvalue weighted by molar-refractivity contribution is 0.0812. The zero-order valence-electron chi connectivity index (χ0n) is 9.02. The molecule has 1 aromatic carbocycles. The van der Waals surface area contributed by atoms with Gasteiger partial charge in [0.05, 0.1) is 12.1 Å². The fraction of sp³-hybridized carbons (Fsp3) is 0.200. The van der Waals surface area contributed by atoms with E-state index in [1.807, 2.05) is 22.6 Å². The number of halogens is 2. The van der Waals surface area contributed by atoms with Crippen molar-refractivity contribution in [3.05, 3.63) is 33.1 Å². The highest BCUT2D eigenvalue weighted by Gasteiger charge is 2.16. The van der Waals surface area contributed by atoms with Crippen molar-refractivity contribution in [1.29, 1.82) is 0 Å². The van der Waals surface area contributed by atoms with E-state index in [2.05, 4.69) is 5.16 Å². The summed E-state index contributed by atoms with van der Waals surface area (Å²) in [6.45, 7) is 0.00277. The molecule has 0 aliphatic heterocycles. The van der Waals surface area contributed by atoms with Gasteiger partial charge in [0.15, 0.2) is 5.84 Å². The van der Waals surface area contributed by atoms with E-state index in [1.54, 1.807) is 0 Å². The van der Waals surface area contributed by atoms with Gasteiger partial charge in [-0.05, 0) is 40.8 Å². The van der Waals surface area contributed by atoms with Gasteiger partial charge in [-0.2, -0.15) is 0 Å². The lowest BCUT2D eigenvalue weighted by atomic mass is 10.2. The summed E-state index contributed by atoms with van der Waals surface area (Å²) in [7, 11) is 1.51. The van der Waals surface area contributed by atoms with E-state index in [0.717, 1.165) is 0 Å². The second kappa shape index (κ2) is 5.80. The van der Waals surface area contributed by atoms with Crippen LogP contribution in [0.4, 0.5) is 4.39 Å². The number of amides is 1. The fourth-order valence-corrected chi connectivity index (χ4v) is 1.92. The number of hydrogen-bond donors (Lipinski definition) is 2. The molecule has 5 nitrogen and oxygen atoms in total. The van der Waals surface area contributed by atoms with Gasteiger partial charge >= 0.3 is 0 Å². The zero-order valence-corrected chi connectivity index (χ0v) is 11.2. The molecule has 0 fully saturated rings. The van der Waals surface area contributed by atoms with Gasteiger partial charge in [0, 0.05) is 10.6 Å². The van der Waals surface area contributed by atoms with E-state index >= 15 is 0 Å². The summed E-state index contributed by atoms with van der Waals surface area (Å²) in [5, 5.41) is 11.2. The third-order valence-corrected chi connectivity index (χ3v) is 2.93. The number of nitrogens with two attached hydrogens (primary N) is 1. The first-order valence-corrected chi connectivity index (χ1v) is 5.70. The first-order chi connectivity index (χ1) is 7.95. The van der Waals surface area contributed by atoms with E-state index < -0.39 is 5.82 Å². The van der Waals surface area contributed by atoms with Gasteiger partial charge in [0.25, 0.3) is 5.91 Å². The van der Waals surface area contributed by atoms with Crippen molar-refractivity contribution < 1.29 is 14.4 Å². The normalized spacial score (nSPS) is 11.4. The third kappa shape index (κ3) is 3.55. The smallest absolute Gasteiger partial charge is 0.255 e. The summed E-state index contributed by atoms with van der Waals surface area (Å²) in [5.74, 6) is -0.788. The van der Waals surface area contributed by atoms with Gasteiger partial charge in [0.2, 0.25) is 0 Å². The van der Waals surface area contributed by atoms with E-state index in [1.165, 1.54) is 30.1 Å². The van der Waals surface area contributed by atoms with Gasteiger partial charge in [-0.15, -0.1) is 0 Å². The van der Waals surface area contributed by atoms with Gasteiger partial charge in [-0.25, -0.2) is 4.39 Å². The largest absolute Gasteiger partial charge is 0.409 e. The number of likely N-dealkylation sites (N-methyl/N-ethyl adjacent to an activating group) is 1. The second-order valence-corrected chi connectivity index (χ2v) is 4.54. The van der Waals surface area contributed by atoms with Crippen LogP contribution in [0.15, 0.2) is 23.4 Å². The maximum atomic E-state index is 12.9. The summed E-state index contributed by atoms with van der Waals surface area (Å²) in [5.41, 5.74) is 5.67. The Morgan fingerprint density at radius 3 is 2.82 bits per heavy atom. The minimum atomic E-state index is -0.398. The van der Waals surface area contributed by atoms with Crippen LogP contribution in [-0.2, 0) is 0 Å². The highest BCUT2D eigenvalue weighted by atomic mass is 127. The number of carbonyl (C=O) groups excluding carboxylic acids is 1. The Morgan fingerprint density at radius 1 is 1.65 bits per heavy atom. The number of oxime groups is 1. The van der Waals surface area contributed by atoms with Crippen LogP contribution in [-0.4, -0.2) is 35.4 Å². The topological polar surface area (TPSA) is 78.9 Å². The van der Waals surface area contributed by atoms with Crippen LogP contribution in [0, 0.1) is 9.39 Å². The standard InChI is InChI=1S/C10H11FIN3O2/c1-15(5-9(13)14-17)10(16)7-3-2-6(11)4-8(7)12/h2-4,17H,5H2,1H3,(H2,13,14). The van der Waals surface area contributed by atoms with Gasteiger partial charge in [-0.3, -0.25) is 4.79 Å². The van der Waals surface area contributed by atoms with Crippen molar-refractivity contribution in [2.24, 2.45) is 10.9 Å². The van der Waals surface area contributed by atoms with Crippen molar-refractivity contribution in [2.45, 2.75) is 0 Å². The summed E-state index contributed by atoms with van der Waals surface area (Å²) in [6.07, 6.45) is 0. The van der Waals surface area contributed by atoms with Crippen LogP contribution >= 0.6 is 22.6 Å². The van der Waals surface area contributed by atoms with E-state index in [-0.39, 0.29) is 18.3 Å². The molecular formula is C10H11FIN3O2. The molecular weight excluding hydrogens is 340 g/mol.